The van der Waals surface area contributed by atoms with Crippen molar-refractivity contribution in [3.05, 3.63) is 89.3 Å². The van der Waals surface area contributed by atoms with Crippen LogP contribution in [-0.4, -0.2) is 88.8 Å². The van der Waals surface area contributed by atoms with Crippen LogP contribution in [0.3, 0.4) is 0 Å². The number of nitrogens with two attached hydrogens (primary N) is 1. The van der Waals surface area contributed by atoms with Crippen LogP contribution in [0.5, 0.6) is 5.75 Å². The quantitative estimate of drug-likeness (QED) is 0.255. The van der Waals surface area contributed by atoms with E-state index in [0.717, 1.165) is 63.5 Å². The van der Waals surface area contributed by atoms with Gasteiger partial charge in [-0.15, -0.1) is 0 Å². The van der Waals surface area contributed by atoms with E-state index < -0.39 is 0 Å². The van der Waals surface area contributed by atoms with E-state index in [1.54, 1.807) is 30.0 Å². The summed E-state index contributed by atoms with van der Waals surface area (Å²) in [5.74, 6) is 1.01. The number of ether oxygens (including phenoxy) is 1. The van der Waals surface area contributed by atoms with Crippen molar-refractivity contribution >= 4 is 34.2 Å². The number of benzene rings is 3. The smallest absolute Gasteiger partial charge is 0.283 e. The van der Waals surface area contributed by atoms with Gasteiger partial charge < -0.3 is 25.6 Å². The summed E-state index contributed by atoms with van der Waals surface area (Å²) in [5, 5.41) is 3.31. The second kappa shape index (κ2) is 12.8. The molecule has 5 aromatic rings. The van der Waals surface area contributed by atoms with Gasteiger partial charge in [0, 0.05) is 68.3 Å². The van der Waals surface area contributed by atoms with Gasteiger partial charge in [0.2, 0.25) is 5.95 Å². The first-order valence-corrected chi connectivity index (χ1v) is 15.8. The van der Waals surface area contributed by atoms with Crippen molar-refractivity contribution in [2.45, 2.75) is 18.9 Å². The van der Waals surface area contributed by atoms with Gasteiger partial charge in [-0.05, 0) is 50.2 Å². The first kappa shape index (κ1) is 29.7. The molecule has 0 bridgehead atoms. The largest absolute Gasteiger partial charge is 0.494 e. The molecular weight excluding hydrogens is 578 g/mol. The van der Waals surface area contributed by atoms with Crippen molar-refractivity contribution in [1.29, 1.82) is 0 Å². The van der Waals surface area contributed by atoms with Crippen molar-refractivity contribution in [2.24, 2.45) is 0 Å². The van der Waals surface area contributed by atoms with Crippen LogP contribution >= 0.6 is 0 Å². The summed E-state index contributed by atoms with van der Waals surface area (Å²) in [7, 11) is 3.87. The molecule has 0 amide bonds. The third kappa shape index (κ3) is 5.99. The summed E-state index contributed by atoms with van der Waals surface area (Å²) < 4.78 is 7.36. The van der Waals surface area contributed by atoms with Gasteiger partial charge in [0.25, 0.3) is 5.56 Å². The van der Waals surface area contributed by atoms with Crippen LogP contribution < -0.4 is 26.2 Å². The van der Waals surface area contributed by atoms with Crippen molar-refractivity contribution < 1.29 is 4.74 Å². The summed E-state index contributed by atoms with van der Waals surface area (Å²) in [5.41, 5.74) is 10.7. The average molecular weight is 618 g/mol. The van der Waals surface area contributed by atoms with Crippen LogP contribution in [-0.2, 0) is 0 Å². The molecule has 2 saturated heterocycles. The third-order valence-electron chi connectivity index (χ3n) is 9.09. The molecule has 2 aliphatic heterocycles. The van der Waals surface area contributed by atoms with Gasteiger partial charge in [0.15, 0.2) is 5.65 Å². The van der Waals surface area contributed by atoms with Gasteiger partial charge in [0.05, 0.1) is 24.7 Å². The highest BCUT2D eigenvalue weighted by Gasteiger charge is 2.27. The van der Waals surface area contributed by atoms with Crippen LogP contribution in [0.15, 0.2) is 83.8 Å². The Labute approximate surface area is 268 Å². The molecular formula is C35H39N9O2. The van der Waals surface area contributed by atoms with E-state index in [9.17, 15) is 4.79 Å². The molecule has 4 heterocycles. The van der Waals surface area contributed by atoms with Crippen molar-refractivity contribution in [1.82, 2.24) is 29.3 Å². The van der Waals surface area contributed by atoms with Crippen LogP contribution in [0, 0.1) is 0 Å². The van der Waals surface area contributed by atoms with E-state index in [1.165, 1.54) is 0 Å². The fourth-order valence-corrected chi connectivity index (χ4v) is 6.50. The normalized spacial score (nSPS) is 16.5. The molecule has 2 fully saturated rings. The number of piperidine rings is 1. The van der Waals surface area contributed by atoms with E-state index in [1.807, 2.05) is 48.5 Å². The number of piperazine rings is 1. The monoisotopic (exact) mass is 617 g/mol. The van der Waals surface area contributed by atoms with Crippen molar-refractivity contribution in [3.8, 4) is 22.7 Å². The SMILES string of the molecule is COc1cc(N2CCC(N3CCN(C)CC3)CC2)ccc1Nc1ncc2nc(-c3ccccc3)c(=O)n(-c3cccc(N)c3)c2n1. The van der Waals surface area contributed by atoms with Gasteiger partial charge in [-0.25, -0.2) is 9.97 Å². The van der Waals surface area contributed by atoms with Gasteiger partial charge in [-0.2, -0.15) is 4.98 Å². The summed E-state index contributed by atoms with van der Waals surface area (Å²) in [6, 6.07) is 23.4. The van der Waals surface area contributed by atoms with E-state index in [0.29, 0.717) is 51.5 Å². The first-order valence-electron chi connectivity index (χ1n) is 15.8. The van der Waals surface area contributed by atoms with Gasteiger partial charge in [-0.3, -0.25) is 14.3 Å². The Morgan fingerprint density at radius 3 is 2.39 bits per heavy atom. The molecule has 7 rings (SSSR count). The topological polar surface area (TPSA) is 118 Å². The van der Waals surface area contributed by atoms with Gasteiger partial charge in [-0.1, -0.05) is 36.4 Å². The highest BCUT2D eigenvalue weighted by molar-refractivity contribution is 5.78. The number of nitrogens with zero attached hydrogens (tertiary/aromatic N) is 7. The molecule has 0 saturated carbocycles. The number of anilines is 4. The fraction of sp³-hybridized carbons (Fsp3) is 0.314. The Hall–Kier alpha value is -5.00. The maximum absolute atomic E-state index is 13.9. The molecule has 3 N–H and O–H groups in total. The predicted molar refractivity (Wildman–Crippen MR) is 183 cm³/mol. The maximum Gasteiger partial charge on any atom is 0.283 e. The Morgan fingerprint density at radius 1 is 0.870 bits per heavy atom. The maximum atomic E-state index is 13.9. The Bertz CT molecular complexity index is 1900. The molecule has 3 aromatic carbocycles. The predicted octanol–water partition coefficient (Wildman–Crippen LogP) is 4.39. The zero-order valence-electron chi connectivity index (χ0n) is 26.3. The Balaban J connectivity index is 1.16. The van der Waals surface area contributed by atoms with Gasteiger partial charge >= 0.3 is 0 Å². The van der Waals surface area contributed by atoms with Crippen molar-refractivity contribution in [3.63, 3.8) is 0 Å². The summed E-state index contributed by atoms with van der Waals surface area (Å²) >= 11 is 0. The number of hydrogen-bond acceptors (Lipinski definition) is 10. The molecule has 0 aliphatic carbocycles. The molecule has 236 valence electrons. The molecule has 0 unspecified atom stereocenters. The highest BCUT2D eigenvalue weighted by Crippen LogP contribution is 2.33. The zero-order valence-corrected chi connectivity index (χ0v) is 26.3. The third-order valence-corrected chi connectivity index (χ3v) is 9.09. The lowest BCUT2D eigenvalue weighted by Gasteiger charge is -2.42. The fourth-order valence-electron chi connectivity index (χ4n) is 6.50. The van der Waals surface area contributed by atoms with Crippen LogP contribution in [0.25, 0.3) is 28.1 Å². The lowest BCUT2D eigenvalue weighted by molar-refractivity contribution is 0.0982. The zero-order chi connectivity index (χ0) is 31.6. The number of rotatable bonds is 7. The number of hydrogen-bond donors (Lipinski definition) is 2. The van der Waals surface area contributed by atoms with E-state index in [4.69, 9.17) is 15.5 Å². The van der Waals surface area contributed by atoms with Crippen LogP contribution in [0.2, 0.25) is 0 Å². The van der Waals surface area contributed by atoms with Crippen molar-refractivity contribution in [2.75, 3.05) is 69.4 Å². The average Bonchev–Trinajstić information content (AvgIpc) is 3.09. The lowest BCUT2D eigenvalue weighted by Crippen LogP contribution is -2.52. The molecule has 2 aromatic heterocycles. The molecule has 0 spiro atoms. The number of nitrogen functional groups attached to an aromatic ring is 1. The van der Waals surface area contributed by atoms with E-state index in [-0.39, 0.29) is 5.56 Å². The number of nitrogens with one attached hydrogen (secondary N) is 1. The minimum atomic E-state index is -0.299. The lowest BCUT2D eigenvalue weighted by atomic mass is 10.0. The van der Waals surface area contributed by atoms with Crippen LogP contribution in [0.4, 0.5) is 23.0 Å². The minimum absolute atomic E-state index is 0.299. The van der Waals surface area contributed by atoms with E-state index >= 15 is 0 Å². The minimum Gasteiger partial charge on any atom is -0.494 e. The Morgan fingerprint density at radius 2 is 1.65 bits per heavy atom. The first-order chi connectivity index (χ1) is 22.5. The molecule has 11 nitrogen and oxygen atoms in total. The molecule has 11 heteroatoms. The molecule has 46 heavy (non-hydrogen) atoms. The number of aromatic nitrogens is 4. The molecule has 0 radical (unpaired) electrons. The summed E-state index contributed by atoms with van der Waals surface area (Å²) in [6.45, 7) is 6.65. The molecule has 2 aliphatic rings. The van der Waals surface area contributed by atoms with Gasteiger partial charge in [0.1, 0.15) is 17.0 Å². The number of fused-ring (bicyclic) bond motifs is 1. The highest BCUT2D eigenvalue weighted by atomic mass is 16.5. The Kier molecular flexibility index (Phi) is 8.25. The second-order valence-corrected chi connectivity index (χ2v) is 12.0. The van der Waals surface area contributed by atoms with Crippen LogP contribution in [0.1, 0.15) is 12.8 Å². The summed E-state index contributed by atoms with van der Waals surface area (Å²) in [4.78, 5) is 35.5. The standard InChI is InChI=1S/C35H39N9O2/c1-41-17-19-43(20-18-41)26-13-15-42(16-14-26)27-11-12-29(31(22-27)46-2)39-35-37-23-30-33(40-35)44(28-10-6-9-25(36)21-28)34(45)32(38-30)24-7-4-3-5-8-24/h3-12,21-23,26H,13-20,36H2,1-2H3,(H,37,39,40). The van der Waals surface area contributed by atoms with E-state index in [2.05, 4.69) is 49.2 Å². The number of likely N-dealkylation sites (N-methyl/N-ethyl adjacent to an activating group) is 1. The number of methoxy groups -OCH3 is 1. The second-order valence-electron chi connectivity index (χ2n) is 12.0. The molecule has 0 atom stereocenters. The summed E-state index contributed by atoms with van der Waals surface area (Å²) in [6.07, 6.45) is 3.95.